The van der Waals surface area contributed by atoms with Gasteiger partial charge in [0, 0.05) is 18.7 Å². The molecule has 0 aliphatic heterocycles. The molecule has 0 heterocycles. The van der Waals surface area contributed by atoms with Gasteiger partial charge in [0.2, 0.25) is 0 Å². The third kappa shape index (κ3) is 3.52. The number of hydrogen-bond donors (Lipinski definition) is 0. The van der Waals surface area contributed by atoms with Crippen molar-refractivity contribution in [3.05, 3.63) is 59.7 Å². The number of carbonyl (C=O) groups excluding carboxylic acids is 2. The second-order valence-corrected chi connectivity index (χ2v) is 4.76. The van der Waals surface area contributed by atoms with Crippen LogP contribution in [0, 0.1) is 0 Å². The van der Waals surface area contributed by atoms with Crippen molar-refractivity contribution in [1.82, 2.24) is 4.90 Å². The summed E-state index contributed by atoms with van der Waals surface area (Å²) in [7, 11) is 0. The van der Waals surface area contributed by atoms with Crippen LogP contribution in [0.2, 0.25) is 0 Å². The first-order valence-corrected chi connectivity index (χ1v) is 7.31. The summed E-state index contributed by atoms with van der Waals surface area (Å²) >= 11 is 0. The van der Waals surface area contributed by atoms with Crippen molar-refractivity contribution >= 4 is 12.2 Å². The molecule has 2 aromatic carbocycles. The van der Waals surface area contributed by atoms with E-state index in [1.54, 1.807) is 23.1 Å². The monoisotopic (exact) mass is 297 g/mol. The van der Waals surface area contributed by atoms with Crippen molar-refractivity contribution in [3.63, 3.8) is 0 Å². The molecule has 0 saturated carbocycles. The molecule has 0 aromatic heterocycles. The van der Waals surface area contributed by atoms with E-state index in [0.717, 1.165) is 0 Å². The highest BCUT2D eigenvalue weighted by molar-refractivity contribution is 6.01. The summed E-state index contributed by atoms with van der Waals surface area (Å²) in [6.45, 7) is 5.04. The zero-order valence-electron chi connectivity index (χ0n) is 12.8. The topological polar surface area (TPSA) is 46.6 Å². The van der Waals surface area contributed by atoms with Crippen LogP contribution >= 0.6 is 0 Å². The number of para-hydroxylation sites is 1. The number of benzene rings is 2. The maximum absolute atomic E-state index is 12.4. The smallest absolute Gasteiger partial charge is 0.254 e. The highest BCUT2D eigenvalue weighted by atomic mass is 16.5. The van der Waals surface area contributed by atoms with Crippen LogP contribution in [-0.2, 0) is 0 Å². The van der Waals surface area contributed by atoms with Crippen molar-refractivity contribution in [2.24, 2.45) is 0 Å². The number of rotatable bonds is 6. The maximum atomic E-state index is 12.4. The standard InChI is InChI=1S/C18H19NO3/c1-3-19(4-2)18(21)17-11-10-16(12-14(17)13-20)22-15-8-6-5-7-9-15/h5-13H,3-4H2,1-2H3. The average Bonchev–Trinajstić information content (AvgIpc) is 2.56. The molecule has 0 aliphatic rings. The fourth-order valence-electron chi connectivity index (χ4n) is 2.20. The SMILES string of the molecule is CCN(CC)C(=O)c1ccc(Oc2ccccc2)cc1C=O. The van der Waals surface area contributed by atoms with E-state index in [-0.39, 0.29) is 5.91 Å². The number of carbonyl (C=O) groups is 2. The highest BCUT2D eigenvalue weighted by Crippen LogP contribution is 2.24. The largest absolute Gasteiger partial charge is 0.457 e. The Morgan fingerprint density at radius 3 is 2.32 bits per heavy atom. The first-order valence-electron chi connectivity index (χ1n) is 7.31. The lowest BCUT2D eigenvalue weighted by Gasteiger charge is -2.19. The van der Waals surface area contributed by atoms with Gasteiger partial charge < -0.3 is 9.64 Å². The van der Waals surface area contributed by atoms with Crippen molar-refractivity contribution < 1.29 is 14.3 Å². The predicted octanol–water partition coefficient (Wildman–Crippen LogP) is 3.77. The molecule has 1 amide bonds. The van der Waals surface area contributed by atoms with Crippen molar-refractivity contribution in [3.8, 4) is 11.5 Å². The quantitative estimate of drug-likeness (QED) is 0.762. The number of amides is 1. The van der Waals surface area contributed by atoms with Crippen LogP contribution in [0.5, 0.6) is 11.5 Å². The van der Waals surface area contributed by atoms with Gasteiger partial charge in [-0.1, -0.05) is 18.2 Å². The van der Waals surface area contributed by atoms with Crippen LogP contribution in [0.4, 0.5) is 0 Å². The van der Waals surface area contributed by atoms with Gasteiger partial charge in [-0.05, 0) is 44.2 Å². The minimum atomic E-state index is -0.140. The first kappa shape index (κ1) is 15.8. The fourth-order valence-corrected chi connectivity index (χ4v) is 2.20. The molecule has 0 fully saturated rings. The molecule has 0 unspecified atom stereocenters. The molecule has 2 aromatic rings. The molecule has 114 valence electrons. The van der Waals surface area contributed by atoms with Crippen LogP contribution in [-0.4, -0.2) is 30.2 Å². The van der Waals surface area contributed by atoms with E-state index in [4.69, 9.17) is 4.74 Å². The molecular formula is C18H19NO3. The zero-order valence-corrected chi connectivity index (χ0v) is 12.8. The Balaban J connectivity index is 2.28. The highest BCUT2D eigenvalue weighted by Gasteiger charge is 2.17. The molecular weight excluding hydrogens is 278 g/mol. The molecule has 4 nitrogen and oxygen atoms in total. The normalized spacial score (nSPS) is 10.1. The molecule has 0 atom stereocenters. The van der Waals surface area contributed by atoms with E-state index < -0.39 is 0 Å². The Morgan fingerprint density at radius 1 is 1.05 bits per heavy atom. The van der Waals surface area contributed by atoms with Crippen molar-refractivity contribution in [2.75, 3.05) is 13.1 Å². The van der Waals surface area contributed by atoms with Crippen LogP contribution in [0.1, 0.15) is 34.6 Å². The van der Waals surface area contributed by atoms with E-state index in [9.17, 15) is 9.59 Å². The molecule has 0 radical (unpaired) electrons. The molecule has 0 aliphatic carbocycles. The molecule has 4 heteroatoms. The van der Waals surface area contributed by atoms with Crippen LogP contribution in [0.15, 0.2) is 48.5 Å². The van der Waals surface area contributed by atoms with Gasteiger partial charge in [-0.25, -0.2) is 0 Å². The zero-order chi connectivity index (χ0) is 15.9. The molecule has 0 saturated heterocycles. The summed E-state index contributed by atoms with van der Waals surface area (Å²) in [6, 6.07) is 14.2. The average molecular weight is 297 g/mol. The summed E-state index contributed by atoms with van der Waals surface area (Å²) in [5.74, 6) is 1.07. The summed E-state index contributed by atoms with van der Waals surface area (Å²) in [6.07, 6.45) is 0.689. The van der Waals surface area contributed by atoms with Crippen molar-refractivity contribution in [2.45, 2.75) is 13.8 Å². The van der Waals surface area contributed by atoms with E-state index >= 15 is 0 Å². The lowest BCUT2D eigenvalue weighted by Crippen LogP contribution is -2.31. The molecule has 22 heavy (non-hydrogen) atoms. The molecule has 0 spiro atoms. The Labute approximate surface area is 130 Å². The van der Waals surface area contributed by atoms with Gasteiger partial charge in [-0.2, -0.15) is 0 Å². The maximum Gasteiger partial charge on any atom is 0.254 e. The van der Waals surface area contributed by atoms with E-state index in [1.807, 2.05) is 44.2 Å². The summed E-state index contributed by atoms with van der Waals surface area (Å²) in [5.41, 5.74) is 0.740. The van der Waals surface area contributed by atoms with Gasteiger partial charge in [0.15, 0.2) is 6.29 Å². The van der Waals surface area contributed by atoms with E-state index in [2.05, 4.69) is 0 Å². The van der Waals surface area contributed by atoms with Crippen LogP contribution in [0.25, 0.3) is 0 Å². The third-order valence-electron chi connectivity index (χ3n) is 3.41. The number of aldehydes is 1. The second-order valence-electron chi connectivity index (χ2n) is 4.76. The fraction of sp³-hybridized carbons (Fsp3) is 0.222. The predicted molar refractivity (Wildman–Crippen MR) is 85.6 cm³/mol. The second kappa shape index (κ2) is 7.41. The summed E-state index contributed by atoms with van der Waals surface area (Å²) in [5, 5.41) is 0. The minimum absolute atomic E-state index is 0.140. The Bertz CT molecular complexity index is 649. The van der Waals surface area contributed by atoms with Gasteiger partial charge in [0.1, 0.15) is 11.5 Å². The number of hydrogen-bond acceptors (Lipinski definition) is 3. The van der Waals surface area contributed by atoms with E-state index in [0.29, 0.717) is 42.0 Å². The van der Waals surface area contributed by atoms with Gasteiger partial charge >= 0.3 is 0 Å². The molecule has 2 rings (SSSR count). The Hall–Kier alpha value is -2.62. The lowest BCUT2D eigenvalue weighted by atomic mass is 10.1. The van der Waals surface area contributed by atoms with Gasteiger partial charge in [0.05, 0.1) is 5.56 Å². The number of nitrogens with zero attached hydrogens (tertiary/aromatic N) is 1. The van der Waals surface area contributed by atoms with Gasteiger partial charge in [-0.15, -0.1) is 0 Å². The van der Waals surface area contributed by atoms with E-state index in [1.165, 1.54) is 0 Å². The summed E-state index contributed by atoms with van der Waals surface area (Å²) in [4.78, 5) is 25.4. The Kier molecular flexibility index (Phi) is 5.31. The Morgan fingerprint density at radius 2 is 1.73 bits per heavy atom. The van der Waals surface area contributed by atoms with Gasteiger partial charge in [0.25, 0.3) is 5.91 Å². The number of ether oxygens (including phenoxy) is 1. The minimum Gasteiger partial charge on any atom is -0.457 e. The van der Waals surface area contributed by atoms with Crippen LogP contribution < -0.4 is 4.74 Å². The third-order valence-corrected chi connectivity index (χ3v) is 3.41. The van der Waals surface area contributed by atoms with Crippen molar-refractivity contribution in [1.29, 1.82) is 0 Å². The lowest BCUT2D eigenvalue weighted by molar-refractivity contribution is 0.0770. The molecule has 0 N–H and O–H groups in total. The molecule has 0 bridgehead atoms. The van der Waals surface area contributed by atoms with Crippen LogP contribution in [0.3, 0.4) is 0 Å². The summed E-state index contributed by atoms with van der Waals surface area (Å²) < 4.78 is 5.68. The first-order chi connectivity index (χ1) is 10.7. The van der Waals surface area contributed by atoms with Gasteiger partial charge in [-0.3, -0.25) is 9.59 Å².